The molecule has 1 amide bonds. The van der Waals surface area contributed by atoms with Crippen molar-refractivity contribution in [2.75, 3.05) is 20.3 Å². The van der Waals surface area contributed by atoms with Gasteiger partial charge in [-0.1, -0.05) is 0 Å². The van der Waals surface area contributed by atoms with Crippen LogP contribution < -0.4 is 10.9 Å². The fraction of sp³-hybridized carbons (Fsp3) is 0.444. The number of nitrogens with zero attached hydrogens (tertiary/aromatic N) is 1. The number of aromatic amines is 1. The molecule has 0 aliphatic heterocycles. The number of hydrogen-bond donors (Lipinski definition) is 3. The lowest BCUT2D eigenvalue weighted by atomic mass is 10.3. The number of methoxy groups -OCH3 is 1. The van der Waals surface area contributed by atoms with Crippen molar-refractivity contribution in [2.45, 2.75) is 6.04 Å². The SMILES string of the molecule is COCC(CO)NC(=O)c1ccc(=O)[nH]n1. The summed E-state index contributed by atoms with van der Waals surface area (Å²) in [6, 6.07) is 2.01. The van der Waals surface area contributed by atoms with Gasteiger partial charge in [-0.25, -0.2) is 5.10 Å². The van der Waals surface area contributed by atoms with Gasteiger partial charge in [-0.2, -0.15) is 5.10 Å². The number of carbonyl (C=O) groups excluding carboxylic acids is 1. The minimum absolute atomic E-state index is 0.0779. The molecular formula is C9H13N3O4. The molecule has 1 aromatic heterocycles. The maximum absolute atomic E-state index is 11.5. The molecule has 16 heavy (non-hydrogen) atoms. The van der Waals surface area contributed by atoms with Gasteiger partial charge in [0.05, 0.1) is 19.3 Å². The first-order valence-corrected chi connectivity index (χ1v) is 4.63. The molecule has 3 N–H and O–H groups in total. The van der Waals surface area contributed by atoms with E-state index in [-0.39, 0.29) is 24.5 Å². The lowest BCUT2D eigenvalue weighted by Gasteiger charge is -2.14. The Morgan fingerprint density at radius 2 is 2.44 bits per heavy atom. The second kappa shape index (κ2) is 5.99. The van der Waals surface area contributed by atoms with Crippen LogP contribution in [-0.4, -0.2) is 47.6 Å². The summed E-state index contributed by atoms with van der Waals surface area (Å²) >= 11 is 0. The Balaban J connectivity index is 2.64. The third kappa shape index (κ3) is 3.44. The zero-order valence-electron chi connectivity index (χ0n) is 8.77. The number of aliphatic hydroxyl groups is 1. The van der Waals surface area contributed by atoms with Gasteiger partial charge in [0.2, 0.25) is 0 Å². The number of carbonyl (C=O) groups is 1. The first-order valence-electron chi connectivity index (χ1n) is 4.63. The van der Waals surface area contributed by atoms with Crippen molar-refractivity contribution in [1.82, 2.24) is 15.5 Å². The molecule has 88 valence electrons. The van der Waals surface area contributed by atoms with Crippen LogP contribution in [0, 0.1) is 0 Å². The van der Waals surface area contributed by atoms with Crippen LogP contribution >= 0.6 is 0 Å². The van der Waals surface area contributed by atoms with Crippen LogP contribution in [0.1, 0.15) is 10.5 Å². The Bertz CT molecular complexity index is 383. The van der Waals surface area contributed by atoms with Crippen molar-refractivity contribution in [3.8, 4) is 0 Å². The standard InChI is InChI=1S/C9H13N3O4/c1-16-5-6(4-13)10-9(15)7-2-3-8(14)12-11-7/h2-3,6,13H,4-5H2,1H3,(H,10,15)(H,12,14). The van der Waals surface area contributed by atoms with Gasteiger partial charge >= 0.3 is 0 Å². The quantitative estimate of drug-likeness (QED) is 0.568. The second-order valence-corrected chi connectivity index (χ2v) is 3.11. The molecule has 7 heteroatoms. The summed E-state index contributed by atoms with van der Waals surface area (Å²) in [7, 11) is 1.47. The van der Waals surface area contributed by atoms with Crippen molar-refractivity contribution >= 4 is 5.91 Å². The fourth-order valence-electron chi connectivity index (χ4n) is 1.07. The van der Waals surface area contributed by atoms with Crippen LogP contribution in [0.4, 0.5) is 0 Å². The first kappa shape index (κ1) is 12.3. The highest BCUT2D eigenvalue weighted by Crippen LogP contribution is 1.91. The predicted molar refractivity (Wildman–Crippen MR) is 55.1 cm³/mol. The van der Waals surface area contributed by atoms with Gasteiger partial charge in [0, 0.05) is 13.2 Å². The number of rotatable bonds is 5. The van der Waals surface area contributed by atoms with Crippen molar-refractivity contribution in [1.29, 1.82) is 0 Å². The first-order chi connectivity index (χ1) is 7.67. The van der Waals surface area contributed by atoms with Gasteiger partial charge in [-0.15, -0.1) is 0 Å². The normalized spacial score (nSPS) is 12.1. The highest BCUT2D eigenvalue weighted by molar-refractivity contribution is 5.92. The molecule has 0 spiro atoms. The molecule has 0 aliphatic carbocycles. The van der Waals surface area contributed by atoms with Crippen molar-refractivity contribution < 1.29 is 14.6 Å². The summed E-state index contributed by atoms with van der Waals surface area (Å²) in [6.45, 7) is -0.0332. The fourth-order valence-corrected chi connectivity index (χ4v) is 1.07. The summed E-state index contributed by atoms with van der Waals surface area (Å²) in [5, 5.41) is 17.1. The highest BCUT2D eigenvalue weighted by atomic mass is 16.5. The van der Waals surface area contributed by atoms with E-state index in [9.17, 15) is 9.59 Å². The van der Waals surface area contributed by atoms with Crippen LogP contribution in [0.15, 0.2) is 16.9 Å². The molecule has 0 aliphatic rings. The van der Waals surface area contributed by atoms with E-state index in [0.717, 1.165) is 0 Å². The van der Waals surface area contributed by atoms with E-state index in [1.165, 1.54) is 19.2 Å². The summed E-state index contributed by atoms with van der Waals surface area (Å²) in [5.41, 5.74) is -0.304. The van der Waals surface area contributed by atoms with Crippen LogP contribution in [0.25, 0.3) is 0 Å². The molecule has 0 radical (unpaired) electrons. The molecule has 7 nitrogen and oxygen atoms in total. The van der Waals surface area contributed by atoms with Gasteiger partial charge in [-0.05, 0) is 6.07 Å². The zero-order chi connectivity index (χ0) is 12.0. The number of amides is 1. The summed E-state index contributed by atoms with van der Waals surface area (Å²) in [4.78, 5) is 22.3. The van der Waals surface area contributed by atoms with Gasteiger partial charge in [0.15, 0.2) is 0 Å². The topological polar surface area (TPSA) is 104 Å². The number of H-pyrrole nitrogens is 1. The minimum Gasteiger partial charge on any atom is -0.394 e. The molecule has 0 fully saturated rings. The summed E-state index contributed by atoms with van der Waals surface area (Å²) in [6.07, 6.45) is 0. The Labute approximate surface area is 91.4 Å². The summed E-state index contributed by atoms with van der Waals surface area (Å²) < 4.78 is 4.80. The maximum Gasteiger partial charge on any atom is 0.272 e. The monoisotopic (exact) mass is 227 g/mol. The number of aliphatic hydroxyl groups excluding tert-OH is 1. The van der Waals surface area contributed by atoms with E-state index >= 15 is 0 Å². The molecule has 1 rings (SSSR count). The van der Waals surface area contributed by atoms with Crippen molar-refractivity contribution in [3.63, 3.8) is 0 Å². The lowest BCUT2D eigenvalue weighted by Crippen LogP contribution is -2.41. The van der Waals surface area contributed by atoms with E-state index in [4.69, 9.17) is 9.84 Å². The average molecular weight is 227 g/mol. The van der Waals surface area contributed by atoms with Crippen LogP contribution in [-0.2, 0) is 4.74 Å². The van der Waals surface area contributed by atoms with Crippen molar-refractivity contribution in [3.05, 3.63) is 28.2 Å². The molecule has 0 saturated carbocycles. The van der Waals surface area contributed by atoms with Crippen LogP contribution in [0.3, 0.4) is 0 Å². The maximum atomic E-state index is 11.5. The molecule has 1 aromatic rings. The molecule has 0 saturated heterocycles. The second-order valence-electron chi connectivity index (χ2n) is 3.11. The number of ether oxygens (including phenoxy) is 1. The van der Waals surface area contributed by atoms with E-state index in [1.54, 1.807) is 0 Å². The van der Waals surface area contributed by atoms with E-state index in [0.29, 0.717) is 0 Å². The molecule has 0 aromatic carbocycles. The summed E-state index contributed by atoms with van der Waals surface area (Å²) in [5.74, 6) is -0.479. The minimum atomic E-state index is -0.494. The van der Waals surface area contributed by atoms with E-state index < -0.39 is 11.9 Å². The Morgan fingerprint density at radius 3 is 2.94 bits per heavy atom. The largest absolute Gasteiger partial charge is 0.394 e. The van der Waals surface area contributed by atoms with Gasteiger partial charge < -0.3 is 15.2 Å². The Kier molecular flexibility index (Phi) is 4.62. The third-order valence-electron chi connectivity index (χ3n) is 1.84. The average Bonchev–Trinajstić information content (AvgIpc) is 2.29. The molecule has 1 unspecified atom stereocenters. The van der Waals surface area contributed by atoms with E-state index in [1.807, 2.05) is 0 Å². The van der Waals surface area contributed by atoms with Crippen LogP contribution in [0.2, 0.25) is 0 Å². The number of nitrogens with one attached hydrogen (secondary N) is 2. The van der Waals surface area contributed by atoms with E-state index in [2.05, 4.69) is 15.5 Å². The Morgan fingerprint density at radius 1 is 1.69 bits per heavy atom. The molecule has 0 bridgehead atoms. The number of hydrogen-bond acceptors (Lipinski definition) is 5. The number of aromatic nitrogens is 2. The zero-order valence-corrected chi connectivity index (χ0v) is 8.77. The van der Waals surface area contributed by atoms with Crippen molar-refractivity contribution in [2.24, 2.45) is 0 Å². The predicted octanol–water partition coefficient (Wildman–Crippen LogP) is -1.49. The smallest absolute Gasteiger partial charge is 0.272 e. The lowest BCUT2D eigenvalue weighted by molar-refractivity contribution is 0.0834. The molecule has 1 atom stereocenters. The Hall–Kier alpha value is -1.73. The molecular weight excluding hydrogens is 214 g/mol. The third-order valence-corrected chi connectivity index (χ3v) is 1.84. The van der Waals surface area contributed by atoms with Gasteiger partial charge in [0.1, 0.15) is 5.69 Å². The molecule has 1 heterocycles. The van der Waals surface area contributed by atoms with Crippen LogP contribution in [0.5, 0.6) is 0 Å². The van der Waals surface area contributed by atoms with Gasteiger partial charge in [0.25, 0.3) is 11.5 Å². The highest BCUT2D eigenvalue weighted by Gasteiger charge is 2.13. The van der Waals surface area contributed by atoms with Gasteiger partial charge in [-0.3, -0.25) is 9.59 Å².